The van der Waals surface area contributed by atoms with Crippen molar-refractivity contribution in [2.24, 2.45) is 7.05 Å². The monoisotopic (exact) mass is 367 g/mol. The van der Waals surface area contributed by atoms with Crippen molar-refractivity contribution in [1.29, 1.82) is 0 Å². The highest BCUT2D eigenvalue weighted by molar-refractivity contribution is 6.05. The minimum Gasteiger partial charge on any atom is -0.463 e. The largest absolute Gasteiger partial charge is 0.463 e. The zero-order chi connectivity index (χ0) is 19.3. The van der Waals surface area contributed by atoms with Crippen LogP contribution < -0.4 is 5.32 Å². The van der Waals surface area contributed by atoms with Gasteiger partial charge in [0.15, 0.2) is 5.69 Å². The Morgan fingerprint density at radius 3 is 2.50 bits per heavy atom. The second-order valence-corrected chi connectivity index (χ2v) is 5.22. The number of benzene rings is 1. The van der Waals surface area contributed by atoms with Crippen molar-refractivity contribution in [2.75, 3.05) is 11.9 Å². The lowest BCUT2D eigenvalue weighted by Crippen LogP contribution is -2.17. The van der Waals surface area contributed by atoms with Crippen LogP contribution in [0.1, 0.15) is 28.5 Å². The van der Waals surface area contributed by atoms with E-state index in [0.717, 1.165) is 10.9 Å². The molecule has 26 heavy (non-hydrogen) atoms. The summed E-state index contributed by atoms with van der Waals surface area (Å²) in [7, 11) is 1.30. The summed E-state index contributed by atoms with van der Waals surface area (Å²) < 4.78 is 44.4. The average molecular weight is 367 g/mol. The lowest BCUT2D eigenvalue weighted by Gasteiger charge is -2.07. The molecule has 2 rings (SSSR count). The summed E-state index contributed by atoms with van der Waals surface area (Å²) in [5.41, 5.74) is -0.841. The first-order valence-electron chi connectivity index (χ1n) is 7.57. The summed E-state index contributed by atoms with van der Waals surface area (Å²) in [6.07, 6.45) is -0.945. The van der Waals surface area contributed by atoms with E-state index >= 15 is 0 Å². The Hall–Kier alpha value is -3.10. The smallest absolute Gasteiger partial charge is 0.435 e. The van der Waals surface area contributed by atoms with E-state index in [-0.39, 0.29) is 6.61 Å². The predicted molar refractivity (Wildman–Crippen MR) is 88.3 cm³/mol. The summed E-state index contributed by atoms with van der Waals surface area (Å²) >= 11 is 0. The lowest BCUT2D eigenvalue weighted by molar-refractivity contribution is -0.141. The van der Waals surface area contributed by atoms with Gasteiger partial charge in [-0.2, -0.15) is 18.3 Å². The Balaban J connectivity index is 2.10. The van der Waals surface area contributed by atoms with E-state index in [2.05, 4.69) is 10.4 Å². The van der Waals surface area contributed by atoms with Crippen molar-refractivity contribution in [2.45, 2.75) is 13.1 Å². The van der Waals surface area contributed by atoms with E-state index in [1.54, 1.807) is 19.1 Å². The minimum absolute atomic E-state index is 0.266. The van der Waals surface area contributed by atoms with Gasteiger partial charge in [0.2, 0.25) is 0 Å². The topological polar surface area (TPSA) is 73.2 Å². The number of nitrogens with one attached hydrogen (secondary N) is 1. The van der Waals surface area contributed by atoms with Crippen LogP contribution >= 0.6 is 0 Å². The molecule has 2 aromatic rings. The molecule has 0 aliphatic carbocycles. The number of carbonyl (C=O) groups is 2. The Bertz CT molecular complexity index is 824. The first-order valence-corrected chi connectivity index (χ1v) is 7.57. The highest BCUT2D eigenvalue weighted by atomic mass is 19.4. The number of halogens is 3. The van der Waals surface area contributed by atoms with Crippen LogP contribution in [0.5, 0.6) is 0 Å². The van der Waals surface area contributed by atoms with Crippen LogP contribution in [0.3, 0.4) is 0 Å². The fourth-order valence-corrected chi connectivity index (χ4v) is 2.09. The number of esters is 1. The summed E-state index contributed by atoms with van der Waals surface area (Å²) in [6.45, 7) is 1.96. The van der Waals surface area contributed by atoms with Crippen molar-refractivity contribution in [3.63, 3.8) is 0 Å². The number of ether oxygens (including phenoxy) is 1. The van der Waals surface area contributed by atoms with E-state index in [0.29, 0.717) is 11.3 Å². The van der Waals surface area contributed by atoms with E-state index in [1.807, 2.05) is 0 Å². The Kier molecular flexibility index (Phi) is 5.81. The highest BCUT2D eigenvalue weighted by Gasteiger charge is 2.38. The predicted octanol–water partition coefficient (Wildman–Crippen LogP) is 3.27. The fourth-order valence-electron chi connectivity index (χ4n) is 2.09. The second kappa shape index (κ2) is 7.85. The first-order chi connectivity index (χ1) is 12.2. The fraction of sp³-hybridized carbons (Fsp3) is 0.235. The molecule has 0 saturated heterocycles. The maximum absolute atomic E-state index is 12.9. The maximum Gasteiger partial charge on any atom is 0.435 e. The summed E-state index contributed by atoms with van der Waals surface area (Å²) in [5, 5.41) is 5.68. The quantitative estimate of drug-likeness (QED) is 0.650. The van der Waals surface area contributed by atoms with Gasteiger partial charge in [0.25, 0.3) is 5.91 Å². The standard InChI is InChI=1S/C17H16F3N3O3/c1-3-26-14(24)9-6-11-4-7-12(8-5-11)21-16(25)13-10-23(2)22-15(13)17(18,19)20/h4-10H,3H2,1-2H3,(H,21,25). The van der Waals surface area contributed by atoms with Crippen molar-refractivity contribution in [1.82, 2.24) is 9.78 Å². The first kappa shape index (κ1) is 19.2. The molecule has 1 aromatic heterocycles. The molecule has 0 fully saturated rings. The number of alkyl halides is 3. The molecule has 1 aromatic carbocycles. The second-order valence-electron chi connectivity index (χ2n) is 5.22. The van der Waals surface area contributed by atoms with Gasteiger partial charge in [-0.15, -0.1) is 0 Å². The minimum atomic E-state index is -4.73. The van der Waals surface area contributed by atoms with Gasteiger partial charge in [-0.05, 0) is 30.7 Å². The van der Waals surface area contributed by atoms with Crippen LogP contribution in [-0.4, -0.2) is 28.3 Å². The number of amides is 1. The molecule has 138 valence electrons. The molecule has 9 heteroatoms. The van der Waals surface area contributed by atoms with E-state index < -0.39 is 29.3 Å². The number of aryl methyl sites for hydroxylation is 1. The number of rotatable bonds is 5. The van der Waals surface area contributed by atoms with Gasteiger partial charge >= 0.3 is 12.1 Å². The zero-order valence-corrected chi connectivity index (χ0v) is 14.0. The van der Waals surface area contributed by atoms with Crippen molar-refractivity contribution in [3.05, 3.63) is 53.4 Å². The van der Waals surface area contributed by atoms with Gasteiger partial charge in [0.1, 0.15) is 0 Å². The average Bonchev–Trinajstić information content (AvgIpc) is 2.97. The van der Waals surface area contributed by atoms with Gasteiger partial charge in [-0.1, -0.05) is 12.1 Å². The molecule has 0 bridgehead atoms. The van der Waals surface area contributed by atoms with E-state index in [9.17, 15) is 22.8 Å². The van der Waals surface area contributed by atoms with E-state index in [4.69, 9.17) is 4.74 Å². The molecule has 0 saturated carbocycles. The van der Waals surface area contributed by atoms with Gasteiger partial charge in [-0.3, -0.25) is 9.48 Å². The van der Waals surface area contributed by atoms with Gasteiger partial charge in [0.05, 0.1) is 12.2 Å². The summed E-state index contributed by atoms with van der Waals surface area (Å²) in [6, 6.07) is 6.21. The van der Waals surface area contributed by atoms with Crippen molar-refractivity contribution < 1.29 is 27.5 Å². The summed E-state index contributed by atoms with van der Waals surface area (Å²) in [4.78, 5) is 23.4. The number of hydrogen-bond acceptors (Lipinski definition) is 4. The van der Waals surface area contributed by atoms with Crippen LogP contribution in [0.4, 0.5) is 18.9 Å². The van der Waals surface area contributed by atoms with E-state index in [1.165, 1.54) is 31.3 Å². The normalized spacial score (nSPS) is 11.6. The Labute approximate surface area is 147 Å². The SMILES string of the molecule is CCOC(=O)C=Cc1ccc(NC(=O)c2cn(C)nc2C(F)(F)F)cc1. The molecule has 0 spiro atoms. The van der Waals surface area contributed by atoms with Crippen LogP contribution in [0.15, 0.2) is 36.5 Å². The van der Waals surface area contributed by atoms with Crippen LogP contribution in [0.25, 0.3) is 6.08 Å². The molecular weight excluding hydrogens is 351 g/mol. The number of hydrogen-bond donors (Lipinski definition) is 1. The molecule has 1 N–H and O–H groups in total. The molecule has 6 nitrogen and oxygen atoms in total. The van der Waals surface area contributed by atoms with Crippen LogP contribution in [-0.2, 0) is 22.8 Å². The van der Waals surface area contributed by atoms with Gasteiger partial charge in [0, 0.05) is 25.0 Å². The van der Waals surface area contributed by atoms with Crippen LogP contribution in [0.2, 0.25) is 0 Å². The van der Waals surface area contributed by atoms with Crippen LogP contribution in [0, 0.1) is 0 Å². The third kappa shape index (κ3) is 4.95. The van der Waals surface area contributed by atoms with Crippen molar-refractivity contribution in [3.8, 4) is 0 Å². The molecule has 0 atom stereocenters. The van der Waals surface area contributed by atoms with Gasteiger partial charge in [-0.25, -0.2) is 4.79 Å². The summed E-state index contributed by atoms with van der Waals surface area (Å²) in [5.74, 6) is -1.40. The zero-order valence-electron chi connectivity index (χ0n) is 14.0. The molecule has 0 aliphatic heterocycles. The molecule has 0 unspecified atom stereocenters. The molecule has 0 aliphatic rings. The van der Waals surface area contributed by atoms with Crippen molar-refractivity contribution >= 4 is 23.6 Å². The molecule has 1 amide bonds. The molecule has 0 radical (unpaired) electrons. The highest BCUT2D eigenvalue weighted by Crippen LogP contribution is 2.30. The number of carbonyl (C=O) groups excluding carboxylic acids is 2. The third-order valence-electron chi connectivity index (χ3n) is 3.21. The number of anilines is 1. The Morgan fingerprint density at radius 2 is 1.92 bits per heavy atom. The third-order valence-corrected chi connectivity index (χ3v) is 3.21. The Morgan fingerprint density at radius 1 is 1.27 bits per heavy atom. The number of aromatic nitrogens is 2. The molecule has 1 heterocycles. The molecular formula is C17H16F3N3O3. The number of nitrogens with zero attached hydrogens (tertiary/aromatic N) is 2. The van der Waals surface area contributed by atoms with Gasteiger partial charge < -0.3 is 10.1 Å². The lowest BCUT2D eigenvalue weighted by atomic mass is 10.1. The maximum atomic E-state index is 12.9.